The second kappa shape index (κ2) is 5.84. The number of nitrogens with one attached hydrogen (secondary N) is 3. The summed E-state index contributed by atoms with van der Waals surface area (Å²) in [6.45, 7) is 0. The first-order valence-corrected chi connectivity index (χ1v) is 6.56. The summed E-state index contributed by atoms with van der Waals surface area (Å²) < 4.78 is 0. The molecular weight excluding hydrogens is 234 g/mol. The molecule has 6 heteroatoms. The Morgan fingerprint density at radius 2 is 1.78 bits per heavy atom. The van der Waals surface area contributed by atoms with Gasteiger partial charge in [-0.2, -0.15) is 0 Å². The molecule has 1 unspecified atom stereocenters. The molecule has 0 radical (unpaired) electrons. The third-order valence-electron chi connectivity index (χ3n) is 3.48. The minimum atomic E-state index is -0.591. The number of carbonyl (C=O) groups is 3. The van der Waals surface area contributed by atoms with Crippen LogP contribution in [0.3, 0.4) is 0 Å². The van der Waals surface area contributed by atoms with Crippen LogP contribution in [0.4, 0.5) is 4.79 Å². The Morgan fingerprint density at radius 3 is 2.44 bits per heavy atom. The van der Waals surface area contributed by atoms with E-state index in [-0.39, 0.29) is 24.4 Å². The molecule has 0 bridgehead atoms. The second-order valence-corrected chi connectivity index (χ2v) is 4.96. The fourth-order valence-corrected chi connectivity index (χ4v) is 2.46. The van der Waals surface area contributed by atoms with Gasteiger partial charge in [-0.1, -0.05) is 19.3 Å². The number of piperidine rings is 1. The summed E-state index contributed by atoms with van der Waals surface area (Å²) in [6.07, 6.45) is 6.17. The van der Waals surface area contributed by atoms with E-state index in [9.17, 15) is 14.4 Å². The number of carbonyl (C=O) groups excluding carboxylic acids is 3. The van der Waals surface area contributed by atoms with Crippen molar-refractivity contribution < 1.29 is 14.4 Å². The monoisotopic (exact) mass is 253 g/mol. The van der Waals surface area contributed by atoms with Gasteiger partial charge >= 0.3 is 6.03 Å². The molecule has 1 heterocycles. The fraction of sp³-hybridized carbons (Fsp3) is 0.750. The topological polar surface area (TPSA) is 87.3 Å². The lowest BCUT2D eigenvalue weighted by Gasteiger charge is -2.26. The predicted octanol–water partition coefficient (Wildman–Crippen LogP) is 0.424. The molecule has 3 N–H and O–H groups in total. The van der Waals surface area contributed by atoms with Gasteiger partial charge in [0, 0.05) is 12.5 Å². The van der Waals surface area contributed by atoms with Crippen LogP contribution in [0, 0.1) is 0 Å². The number of hydrogen-bond acceptors (Lipinski definition) is 3. The largest absolute Gasteiger partial charge is 0.335 e. The first kappa shape index (κ1) is 12.9. The summed E-state index contributed by atoms with van der Waals surface area (Å²) in [5.74, 6) is -0.684. The lowest BCUT2D eigenvalue weighted by atomic mass is 9.96. The number of rotatable bonds is 2. The van der Waals surface area contributed by atoms with Gasteiger partial charge in [-0.25, -0.2) is 4.79 Å². The molecule has 1 aliphatic carbocycles. The van der Waals surface area contributed by atoms with Crippen molar-refractivity contribution in [2.24, 2.45) is 0 Å². The molecule has 0 aromatic heterocycles. The SMILES string of the molecule is O=C1CCC(NC(=O)NC2CCCCC2)C(=O)N1. The summed E-state index contributed by atoms with van der Waals surface area (Å²) in [6, 6.07) is -0.685. The third kappa shape index (κ3) is 3.45. The average molecular weight is 253 g/mol. The maximum Gasteiger partial charge on any atom is 0.315 e. The van der Waals surface area contributed by atoms with Crippen molar-refractivity contribution in [3.63, 3.8) is 0 Å². The van der Waals surface area contributed by atoms with Crippen LogP contribution in [0.2, 0.25) is 0 Å². The molecule has 1 atom stereocenters. The Balaban J connectivity index is 1.76. The molecule has 100 valence electrons. The van der Waals surface area contributed by atoms with Crippen LogP contribution in [-0.4, -0.2) is 29.9 Å². The van der Waals surface area contributed by atoms with Crippen LogP contribution in [0.5, 0.6) is 0 Å². The van der Waals surface area contributed by atoms with Crippen molar-refractivity contribution in [2.75, 3.05) is 0 Å². The van der Waals surface area contributed by atoms with Crippen molar-refractivity contribution in [1.82, 2.24) is 16.0 Å². The smallest absolute Gasteiger partial charge is 0.315 e. The molecule has 1 saturated heterocycles. The van der Waals surface area contributed by atoms with E-state index in [1.807, 2.05) is 0 Å². The second-order valence-electron chi connectivity index (χ2n) is 4.96. The summed E-state index contributed by atoms with van der Waals surface area (Å²) in [7, 11) is 0. The van der Waals surface area contributed by atoms with E-state index < -0.39 is 11.9 Å². The molecule has 4 amide bonds. The van der Waals surface area contributed by atoms with E-state index in [0.29, 0.717) is 6.42 Å². The van der Waals surface area contributed by atoms with Gasteiger partial charge in [0.2, 0.25) is 11.8 Å². The van der Waals surface area contributed by atoms with E-state index in [1.165, 1.54) is 6.42 Å². The minimum Gasteiger partial charge on any atom is -0.335 e. The number of urea groups is 1. The van der Waals surface area contributed by atoms with E-state index in [2.05, 4.69) is 16.0 Å². The summed E-state index contributed by atoms with van der Waals surface area (Å²) >= 11 is 0. The zero-order chi connectivity index (χ0) is 13.0. The maximum absolute atomic E-state index is 11.7. The number of imide groups is 1. The highest BCUT2D eigenvalue weighted by Gasteiger charge is 2.28. The fourth-order valence-electron chi connectivity index (χ4n) is 2.46. The molecule has 18 heavy (non-hydrogen) atoms. The van der Waals surface area contributed by atoms with Gasteiger partial charge in [0.1, 0.15) is 6.04 Å². The Hall–Kier alpha value is -1.59. The van der Waals surface area contributed by atoms with Gasteiger partial charge in [-0.3, -0.25) is 14.9 Å². The van der Waals surface area contributed by atoms with Crippen molar-refractivity contribution in [3.8, 4) is 0 Å². The zero-order valence-corrected chi connectivity index (χ0v) is 10.3. The van der Waals surface area contributed by atoms with Crippen molar-refractivity contribution in [3.05, 3.63) is 0 Å². The van der Waals surface area contributed by atoms with Gasteiger partial charge in [0.25, 0.3) is 0 Å². The summed E-state index contributed by atoms with van der Waals surface area (Å²) in [5.41, 5.74) is 0. The van der Waals surface area contributed by atoms with Crippen LogP contribution >= 0.6 is 0 Å². The van der Waals surface area contributed by atoms with E-state index in [0.717, 1.165) is 25.7 Å². The minimum absolute atomic E-state index is 0.215. The molecule has 0 aromatic carbocycles. The van der Waals surface area contributed by atoms with E-state index >= 15 is 0 Å². The molecule has 6 nitrogen and oxygen atoms in total. The molecule has 0 aromatic rings. The van der Waals surface area contributed by atoms with Gasteiger partial charge in [-0.15, -0.1) is 0 Å². The Kier molecular flexibility index (Phi) is 4.17. The zero-order valence-electron chi connectivity index (χ0n) is 10.3. The summed E-state index contributed by atoms with van der Waals surface area (Å²) in [5, 5.41) is 7.72. The highest BCUT2D eigenvalue weighted by molar-refractivity contribution is 6.01. The first-order chi connectivity index (χ1) is 8.65. The molecule has 2 fully saturated rings. The average Bonchev–Trinajstić information content (AvgIpc) is 2.34. The van der Waals surface area contributed by atoms with E-state index in [1.54, 1.807) is 0 Å². The van der Waals surface area contributed by atoms with Crippen LogP contribution in [-0.2, 0) is 9.59 Å². The van der Waals surface area contributed by atoms with E-state index in [4.69, 9.17) is 0 Å². The maximum atomic E-state index is 11.7. The van der Waals surface area contributed by atoms with Crippen LogP contribution in [0.25, 0.3) is 0 Å². The van der Waals surface area contributed by atoms with Crippen molar-refractivity contribution in [2.45, 2.75) is 57.0 Å². The number of hydrogen-bond donors (Lipinski definition) is 3. The standard InChI is InChI=1S/C12H19N3O3/c16-10-7-6-9(11(17)15-10)14-12(18)13-8-4-2-1-3-5-8/h8-9H,1-7H2,(H2,13,14,18)(H,15,16,17). The quantitative estimate of drug-likeness (QED) is 0.623. The lowest BCUT2D eigenvalue weighted by Crippen LogP contribution is -2.55. The van der Waals surface area contributed by atoms with Gasteiger partial charge in [-0.05, 0) is 19.3 Å². The van der Waals surface area contributed by atoms with Gasteiger partial charge in [0.05, 0.1) is 0 Å². The van der Waals surface area contributed by atoms with Crippen LogP contribution < -0.4 is 16.0 Å². The number of amides is 4. The normalized spacial score (nSPS) is 25.4. The summed E-state index contributed by atoms with van der Waals surface area (Å²) in [4.78, 5) is 34.1. The Bertz CT molecular complexity index is 350. The molecule has 1 aliphatic heterocycles. The van der Waals surface area contributed by atoms with Gasteiger partial charge < -0.3 is 10.6 Å². The van der Waals surface area contributed by atoms with Gasteiger partial charge in [0.15, 0.2) is 0 Å². The highest BCUT2D eigenvalue weighted by Crippen LogP contribution is 2.17. The molecule has 0 spiro atoms. The highest BCUT2D eigenvalue weighted by atomic mass is 16.2. The van der Waals surface area contributed by atoms with Crippen LogP contribution in [0.15, 0.2) is 0 Å². The van der Waals surface area contributed by atoms with Crippen molar-refractivity contribution in [1.29, 1.82) is 0 Å². The third-order valence-corrected chi connectivity index (χ3v) is 3.48. The lowest BCUT2D eigenvalue weighted by molar-refractivity contribution is -0.134. The molecule has 2 rings (SSSR count). The van der Waals surface area contributed by atoms with Crippen molar-refractivity contribution >= 4 is 17.8 Å². The molecule has 1 saturated carbocycles. The Morgan fingerprint density at radius 1 is 1.06 bits per heavy atom. The Labute approximate surface area is 106 Å². The van der Waals surface area contributed by atoms with Crippen LogP contribution in [0.1, 0.15) is 44.9 Å². The molecular formula is C12H19N3O3. The first-order valence-electron chi connectivity index (χ1n) is 6.56. The predicted molar refractivity (Wildman–Crippen MR) is 64.7 cm³/mol. The molecule has 2 aliphatic rings.